The van der Waals surface area contributed by atoms with Crippen molar-refractivity contribution in [3.63, 3.8) is 0 Å². The number of benzene rings is 7. The fraction of sp³-hybridized carbons (Fsp3) is 0.143. The van der Waals surface area contributed by atoms with Crippen LogP contribution in [0.2, 0.25) is 0 Å². The lowest BCUT2D eigenvalue weighted by molar-refractivity contribution is -0.139. The van der Waals surface area contributed by atoms with Gasteiger partial charge in [0.25, 0.3) is 0 Å². The zero-order valence-corrected chi connectivity index (χ0v) is 30.4. The summed E-state index contributed by atoms with van der Waals surface area (Å²) in [6.07, 6.45) is -9.24. The topological polar surface area (TPSA) is 37.4 Å². The first kappa shape index (κ1) is 33.6. The zero-order chi connectivity index (χ0) is 39.8. The van der Waals surface area contributed by atoms with E-state index in [-0.39, 0.29) is 0 Å². The fourth-order valence-electron chi connectivity index (χ4n) is 11.9. The van der Waals surface area contributed by atoms with E-state index in [1.165, 1.54) is 36.2 Å². The molecule has 4 atom stereocenters. The van der Waals surface area contributed by atoms with Gasteiger partial charge in [0.05, 0.1) is 33.8 Å². The van der Waals surface area contributed by atoms with Gasteiger partial charge in [0, 0.05) is 7.05 Å². The third-order valence-electron chi connectivity index (χ3n) is 13.8. The van der Waals surface area contributed by atoms with E-state index in [1.54, 1.807) is 0 Å². The van der Waals surface area contributed by atoms with Crippen LogP contribution in [0.3, 0.4) is 0 Å². The van der Waals surface area contributed by atoms with E-state index in [2.05, 4.69) is 0 Å². The summed E-state index contributed by atoms with van der Waals surface area (Å²) in [6, 6.07) is 37.4. The second-order valence-corrected chi connectivity index (χ2v) is 16.0. The molecule has 0 saturated carbocycles. The summed E-state index contributed by atoms with van der Waals surface area (Å²) in [4.78, 5) is 31.5. The van der Waals surface area contributed by atoms with Crippen molar-refractivity contribution in [2.45, 2.75) is 23.2 Å². The second kappa shape index (κ2) is 10.5. The van der Waals surface area contributed by atoms with E-state index < -0.39 is 58.0 Å². The molecule has 2 bridgehead atoms. The molecule has 7 aromatic carbocycles. The summed E-state index contributed by atoms with van der Waals surface area (Å²) < 4.78 is 85.3. The van der Waals surface area contributed by atoms with Gasteiger partial charge in [0.15, 0.2) is 0 Å². The maximum absolute atomic E-state index is 15.2. The highest BCUT2D eigenvalue weighted by Gasteiger charge is 2.76. The van der Waals surface area contributed by atoms with E-state index in [0.717, 1.165) is 85.1 Å². The second-order valence-electron chi connectivity index (χ2n) is 16.0. The van der Waals surface area contributed by atoms with Crippen molar-refractivity contribution in [2.24, 2.45) is 11.8 Å². The molecular weight excluding hydrogens is 749 g/mol. The summed E-state index contributed by atoms with van der Waals surface area (Å²) in [5, 5.41) is 1.59. The van der Waals surface area contributed by atoms with Crippen molar-refractivity contribution < 1.29 is 35.9 Å². The van der Waals surface area contributed by atoms with Gasteiger partial charge in [-0.3, -0.25) is 14.5 Å². The maximum Gasteiger partial charge on any atom is 0.416 e. The van der Waals surface area contributed by atoms with E-state index in [1.807, 2.05) is 84.9 Å². The van der Waals surface area contributed by atoms with Crippen LogP contribution in [0.1, 0.15) is 44.5 Å². The molecule has 1 spiro atoms. The zero-order valence-electron chi connectivity index (χ0n) is 30.4. The smallest absolute Gasteiger partial charge is 0.285 e. The molecule has 0 radical (unpaired) electrons. The minimum atomic E-state index is -4.65. The van der Waals surface area contributed by atoms with Gasteiger partial charge in [-0.2, -0.15) is 26.3 Å². The fourth-order valence-corrected chi connectivity index (χ4v) is 11.9. The Morgan fingerprint density at radius 3 is 1.67 bits per heavy atom. The third-order valence-corrected chi connectivity index (χ3v) is 13.8. The van der Waals surface area contributed by atoms with Gasteiger partial charge in [-0.15, -0.1) is 0 Å². The van der Waals surface area contributed by atoms with Crippen LogP contribution in [0.5, 0.6) is 0 Å². The Balaban J connectivity index is 1.38. The van der Waals surface area contributed by atoms with Crippen LogP contribution >= 0.6 is 0 Å². The molecule has 9 heteroatoms. The summed E-state index contributed by atoms with van der Waals surface area (Å²) in [6.45, 7) is 0. The largest absolute Gasteiger partial charge is 0.416 e. The Labute approximate surface area is 327 Å². The number of fused-ring (bicyclic) bond motifs is 5. The number of hydrogen-bond donors (Lipinski definition) is 0. The first-order valence-electron chi connectivity index (χ1n) is 19.0. The molecule has 0 unspecified atom stereocenters. The monoisotopic (exact) mass is 775 g/mol. The first-order valence-corrected chi connectivity index (χ1v) is 19.0. The van der Waals surface area contributed by atoms with Crippen LogP contribution in [-0.4, -0.2) is 23.8 Å². The number of alkyl halides is 6. The molecule has 5 aliphatic carbocycles. The number of carbonyl (C=O) groups is 2. The third kappa shape index (κ3) is 3.62. The average molecular weight is 776 g/mol. The van der Waals surface area contributed by atoms with E-state index in [9.17, 15) is 26.3 Å². The molecule has 58 heavy (non-hydrogen) atoms. The van der Waals surface area contributed by atoms with Crippen molar-refractivity contribution in [3.8, 4) is 44.5 Å². The molecule has 2 amide bonds. The Hall–Kier alpha value is -6.48. The lowest BCUT2D eigenvalue weighted by Gasteiger charge is -2.60. The SMILES string of the molecule is CN1C(=O)[C@@H]2[C@H](C1=O)[C@@]13c4ccccc4-c4cccc(c41)[C@]2(c1ccc(C(F)(F)F)cc1)c1c3c(-c2ccc(C(F)(F)F)cc2)c2cccc3c2c1-c1ccccc1-3. The number of amides is 2. The lowest BCUT2D eigenvalue weighted by Crippen LogP contribution is -2.61. The average Bonchev–Trinajstić information content (AvgIpc) is 3.80. The number of imide groups is 1. The summed E-state index contributed by atoms with van der Waals surface area (Å²) in [5.74, 6) is -2.99. The number of nitrogens with zero attached hydrogens (tertiary/aromatic N) is 1. The Morgan fingerprint density at radius 2 is 1.00 bits per heavy atom. The van der Waals surface area contributed by atoms with E-state index >= 15 is 9.59 Å². The maximum atomic E-state index is 15.2. The minimum absolute atomic E-state index is 0.418. The molecule has 1 aliphatic heterocycles. The Morgan fingerprint density at radius 1 is 0.483 bits per heavy atom. The van der Waals surface area contributed by atoms with Crippen molar-refractivity contribution in [1.29, 1.82) is 0 Å². The molecule has 6 aliphatic rings. The Bertz CT molecular complexity index is 3060. The van der Waals surface area contributed by atoms with Crippen molar-refractivity contribution in [3.05, 3.63) is 178 Å². The van der Waals surface area contributed by atoms with Crippen molar-refractivity contribution in [2.75, 3.05) is 7.05 Å². The van der Waals surface area contributed by atoms with Gasteiger partial charge in [0.1, 0.15) is 0 Å². The van der Waals surface area contributed by atoms with Gasteiger partial charge < -0.3 is 0 Å². The van der Waals surface area contributed by atoms with Crippen LogP contribution < -0.4 is 0 Å². The minimum Gasteiger partial charge on any atom is -0.285 e. The van der Waals surface area contributed by atoms with Gasteiger partial charge in [-0.1, -0.05) is 109 Å². The van der Waals surface area contributed by atoms with Gasteiger partial charge >= 0.3 is 12.4 Å². The van der Waals surface area contributed by atoms with Gasteiger partial charge in [-0.05, 0) is 113 Å². The van der Waals surface area contributed by atoms with Crippen LogP contribution in [0.15, 0.2) is 133 Å². The van der Waals surface area contributed by atoms with Crippen LogP contribution in [0.25, 0.3) is 55.3 Å². The molecule has 13 rings (SSSR count). The normalized spacial score (nSPS) is 22.9. The molecule has 0 aromatic heterocycles. The number of likely N-dealkylation sites (tertiary alicyclic amines) is 1. The molecule has 7 aromatic rings. The number of halogens is 6. The highest BCUT2D eigenvalue weighted by molar-refractivity contribution is 6.23. The Kier molecular flexibility index (Phi) is 6.10. The summed E-state index contributed by atoms with van der Waals surface area (Å²) in [7, 11) is 1.47. The molecule has 1 heterocycles. The van der Waals surface area contributed by atoms with Crippen LogP contribution in [-0.2, 0) is 32.8 Å². The molecule has 1 fully saturated rings. The standard InChI is InChI=1S/C49H27F6NO2/c1-56-44(57)42-43(45(56)58)47-34-14-5-4-9-29(34)32-12-7-15-35(39(32)47)46(42,25-20-22-27(23-21-25)49(53,54)55)41-38-31-10-3-2-8-28(31)30-11-6-13-33(37(30)38)36(40(41)47)24-16-18-26(19-17-24)48(50,51)52/h2-23,42-43H,1H3/t42-,43+,46+,47-/m0/s1. The predicted octanol–water partition coefficient (Wildman–Crippen LogP) is 11.4. The lowest BCUT2D eigenvalue weighted by atomic mass is 9.38. The number of carbonyl (C=O) groups excluding carboxylic acids is 2. The predicted molar refractivity (Wildman–Crippen MR) is 207 cm³/mol. The summed E-state index contributed by atoms with van der Waals surface area (Å²) in [5.41, 5.74) is 5.88. The molecule has 0 N–H and O–H groups in total. The number of hydrogen-bond acceptors (Lipinski definition) is 2. The molecule has 282 valence electrons. The highest BCUT2D eigenvalue weighted by Crippen LogP contribution is 2.77. The quantitative estimate of drug-likeness (QED) is 0.130. The molecular formula is C49H27F6NO2. The van der Waals surface area contributed by atoms with Gasteiger partial charge in [-0.25, -0.2) is 0 Å². The van der Waals surface area contributed by atoms with Crippen LogP contribution in [0.4, 0.5) is 26.3 Å². The summed E-state index contributed by atoms with van der Waals surface area (Å²) >= 11 is 0. The van der Waals surface area contributed by atoms with Crippen molar-refractivity contribution >= 4 is 22.6 Å². The first-order chi connectivity index (χ1) is 27.8. The van der Waals surface area contributed by atoms with E-state index in [4.69, 9.17) is 0 Å². The van der Waals surface area contributed by atoms with Gasteiger partial charge in [0.2, 0.25) is 11.8 Å². The molecule has 3 nitrogen and oxygen atoms in total. The highest BCUT2D eigenvalue weighted by atomic mass is 19.4. The number of rotatable bonds is 2. The van der Waals surface area contributed by atoms with E-state index in [0.29, 0.717) is 27.8 Å². The van der Waals surface area contributed by atoms with Crippen LogP contribution in [0, 0.1) is 11.8 Å². The van der Waals surface area contributed by atoms with Crippen molar-refractivity contribution in [1.82, 2.24) is 4.90 Å². The molecule has 1 saturated heterocycles.